The van der Waals surface area contributed by atoms with Crippen LogP contribution in [0.4, 0.5) is 5.69 Å². The van der Waals surface area contributed by atoms with Crippen LogP contribution in [0.5, 0.6) is 0 Å². The summed E-state index contributed by atoms with van der Waals surface area (Å²) < 4.78 is 27.0. The first-order valence-electron chi connectivity index (χ1n) is 14.8. The Hall–Kier alpha value is -3.98. The standard InChI is InChI=1S/C34H41N3O5S/c1-25-17-19-28(20-18-25)23-36(33(39)24-37(43(3,41)42)31-16-10-13-29(22-31)26(2)38)32(21-27-11-6-4-7-12-27)34(40)35-30-14-8-5-9-15-30/h4,6-7,10-13,16-20,22,30,32H,5,8-9,14-15,21,23-24H2,1-3H3,(H,35,40)/t32-/m1/s1. The second-order valence-corrected chi connectivity index (χ2v) is 13.3. The number of Topliss-reactive ketones (excluding diaryl/α,β-unsaturated/α-hetero) is 1. The fraction of sp³-hybridized carbons (Fsp3) is 0.382. The molecule has 0 bridgehead atoms. The molecule has 0 heterocycles. The number of rotatable bonds is 12. The van der Waals surface area contributed by atoms with Crippen molar-refractivity contribution < 1.29 is 22.8 Å². The number of nitrogens with one attached hydrogen (secondary N) is 1. The van der Waals surface area contributed by atoms with Crippen molar-refractivity contribution >= 4 is 33.3 Å². The van der Waals surface area contributed by atoms with Crippen molar-refractivity contribution in [1.29, 1.82) is 0 Å². The van der Waals surface area contributed by atoms with Crippen LogP contribution in [0.3, 0.4) is 0 Å². The lowest BCUT2D eigenvalue weighted by Crippen LogP contribution is -2.55. The van der Waals surface area contributed by atoms with Crippen LogP contribution < -0.4 is 9.62 Å². The fourth-order valence-corrected chi connectivity index (χ4v) is 6.32. The number of hydrogen-bond acceptors (Lipinski definition) is 5. The Morgan fingerprint density at radius 3 is 2.19 bits per heavy atom. The van der Waals surface area contributed by atoms with Crippen LogP contribution in [-0.2, 0) is 32.6 Å². The molecular weight excluding hydrogens is 562 g/mol. The summed E-state index contributed by atoms with van der Waals surface area (Å²) in [5, 5.41) is 3.20. The Labute approximate surface area is 255 Å². The van der Waals surface area contributed by atoms with Gasteiger partial charge in [-0.15, -0.1) is 0 Å². The van der Waals surface area contributed by atoms with Gasteiger partial charge in [0.25, 0.3) is 0 Å². The normalized spacial score (nSPS) is 14.5. The summed E-state index contributed by atoms with van der Waals surface area (Å²) in [6.45, 7) is 2.98. The van der Waals surface area contributed by atoms with E-state index >= 15 is 0 Å². The van der Waals surface area contributed by atoms with Gasteiger partial charge in [0.15, 0.2) is 5.78 Å². The second kappa shape index (κ2) is 14.5. The molecule has 2 amide bonds. The van der Waals surface area contributed by atoms with Gasteiger partial charge in [0, 0.05) is 24.6 Å². The smallest absolute Gasteiger partial charge is 0.244 e. The number of anilines is 1. The molecule has 3 aromatic carbocycles. The zero-order valence-electron chi connectivity index (χ0n) is 25.2. The molecule has 228 valence electrons. The maximum Gasteiger partial charge on any atom is 0.244 e. The van der Waals surface area contributed by atoms with Crippen molar-refractivity contribution in [2.75, 3.05) is 17.1 Å². The first kappa shape index (κ1) is 31.9. The predicted octanol–water partition coefficient (Wildman–Crippen LogP) is 5.05. The van der Waals surface area contributed by atoms with Gasteiger partial charge in [0.05, 0.1) is 11.9 Å². The molecule has 4 rings (SSSR count). The van der Waals surface area contributed by atoms with Crippen molar-refractivity contribution in [3.05, 3.63) is 101 Å². The molecule has 43 heavy (non-hydrogen) atoms. The highest BCUT2D eigenvalue weighted by molar-refractivity contribution is 7.92. The Morgan fingerprint density at radius 1 is 0.884 bits per heavy atom. The van der Waals surface area contributed by atoms with Gasteiger partial charge in [0.2, 0.25) is 21.8 Å². The third-order valence-corrected chi connectivity index (χ3v) is 9.06. The average molecular weight is 604 g/mol. The molecule has 0 radical (unpaired) electrons. The van der Waals surface area contributed by atoms with Gasteiger partial charge in [0.1, 0.15) is 12.6 Å². The quantitative estimate of drug-likeness (QED) is 0.292. The summed E-state index contributed by atoms with van der Waals surface area (Å²) >= 11 is 0. The molecule has 1 N–H and O–H groups in total. The van der Waals surface area contributed by atoms with E-state index in [1.54, 1.807) is 18.2 Å². The van der Waals surface area contributed by atoms with Crippen molar-refractivity contribution in [2.24, 2.45) is 0 Å². The Morgan fingerprint density at radius 2 is 1.56 bits per heavy atom. The lowest BCUT2D eigenvalue weighted by Gasteiger charge is -2.35. The maximum absolute atomic E-state index is 14.3. The van der Waals surface area contributed by atoms with E-state index in [0.29, 0.717) is 5.56 Å². The topological polar surface area (TPSA) is 104 Å². The maximum atomic E-state index is 14.3. The summed E-state index contributed by atoms with van der Waals surface area (Å²) in [5.74, 6) is -0.982. The van der Waals surface area contributed by atoms with Crippen LogP contribution in [0.25, 0.3) is 0 Å². The number of carbonyl (C=O) groups excluding carboxylic acids is 3. The molecule has 0 aliphatic heterocycles. The van der Waals surface area contributed by atoms with E-state index in [1.165, 1.54) is 17.9 Å². The van der Waals surface area contributed by atoms with Crippen LogP contribution in [0.15, 0.2) is 78.9 Å². The molecule has 1 aliphatic rings. The molecule has 0 aromatic heterocycles. The number of sulfonamides is 1. The third-order valence-electron chi connectivity index (χ3n) is 7.92. The lowest BCUT2D eigenvalue weighted by molar-refractivity contribution is -0.140. The van der Waals surface area contributed by atoms with Crippen molar-refractivity contribution in [3.8, 4) is 0 Å². The molecule has 8 nitrogen and oxygen atoms in total. The lowest BCUT2D eigenvalue weighted by atomic mass is 9.94. The van der Waals surface area contributed by atoms with Crippen LogP contribution >= 0.6 is 0 Å². The minimum absolute atomic E-state index is 0.0395. The first-order chi connectivity index (χ1) is 20.5. The van der Waals surface area contributed by atoms with E-state index < -0.39 is 28.5 Å². The number of hydrogen-bond donors (Lipinski definition) is 1. The second-order valence-electron chi connectivity index (χ2n) is 11.4. The summed E-state index contributed by atoms with van der Waals surface area (Å²) in [4.78, 5) is 41.8. The highest BCUT2D eigenvalue weighted by Crippen LogP contribution is 2.23. The summed E-state index contributed by atoms with van der Waals surface area (Å²) in [7, 11) is -3.92. The number of benzene rings is 3. The molecule has 0 saturated heterocycles. The summed E-state index contributed by atoms with van der Waals surface area (Å²) in [6, 6.07) is 22.6. The van der Waals surface area contributed by atoms with Crippen LogP contribution in [-0.4, -0.2) is 55.8 Å². The monoisotopic (exact) mass is 603 g/mol. The zero-order chi connectivity index (χ0) is 31.0. The highest BCUT2D eigenvalue weighted by Gasteiger charge is 2.34. The minimum Gasteiger partial charge on any atom is -0.352 e. The number of ketones is 1. The number of amides is 2. The van der Waals surface area contributed by atoms with Crippen LogP contribution in [0, 0.1) is 6.92 Å². The minimum atomic E-state index is -3.92. The number of aryl methyl sites for hydroxylation is 1. The highest BCUT2D eigenvalue weighted by atomic mass is 32.2. The molecular formula is C34H41N3O5S. The zero-order valence-corrected chi connectivity index (χ0v) is 26.0. The molecule has 1 saturated carbocycles. The number of nitrogens with zero attached hydrogens (tertiary/aromatic N) is 2. The molecule has 3 aromatic rings. The fourth-order valence-electron chi connectivity index (χ4n) is 5.48. The Balaban J connectivity index is 1.73. The van der Waals surface area contributed by atoms with Gasteiger partial charge >= 0.3 is 0 Å². The van der Waals surface area contributed by atoms with Gasteiger partial charge in [-0.2, -0.15) is 0 Å². The molecule has 1 atom stereocenters. The van der Waals surface area contributed by atoms with E-state index in [9.17, 15) is 22.8 Å². The van der Waals surface area contributed by atoms with Gasteiger partial charge in [-0.25, -0.2) is 8.42 Å². The van der Waals surface area contributed by atoms with Gasteiger partial charge in [-0.05, 0) is 49.9 Å². The van der Waals surface area contributed by atoms with E-state index in [0.717, 1.165) is 59.4 Å². The largest absolute Gasteiger partial charge is 0.352 e. The summed E-state index contributed by atoms with van der Waals surface area (Å²) in [6.07, 6.45) is 6.32. The molecule has 9 heteroatoms. The van der Waals surface area contributed by atoms with Crippen LogP contribution in [0.2, 0.25) is 0 Å². The van der Waals surface area contributed by atoms with Crippen molar-refractivity contribution in [3.63, 3.8) is 0 Å². The predicted molar refractivity (Wildman–Crippen MR) is 169 cm³/mol. The third kappa shape index (κ3) is 9.00. The number of carbonyl (C=O) groups is 3. The molecule has 1 aliphatic carbocycles. The SMILES string of the molecule is CC(=O)c1cccc(N(CC(=O)N(Cc2ccc(C)cc2)[C@H](Cc2ccccc2)C(=O)NC2CCCCC2)S(C)(=O)=O)c1. The Kier molecular flexibility index (Phi) is 10.7. The molecule has 0 spiro atoms. The van der Waals surface area contributed by atoms with Gasteiger partial charge < -0.3 is 10.2 Å². The molecule has 1 fully saturated rings. The van der Waals surface area contributed by atoms with E-state index in [-0.39, 0.29) is 36.4 Å². The van der Waals surface area contributed by atoms with E-state index in [4.69, 9.17) is 0 Å². The average Bonchev–Trinajstić information content (AvgIpc) is 2.99. The van der Waals surface area contributed by atoms with Crippen LogP contribution in [0.1, 0.15) is 66.1 Å². The van der Waals surface area contributed by atoms with Crippen molar-refractivity contribution in [2.45, 2.75) is 71.0 Å². The first-order valence-corrected chi connectivity index (χ1v) is 16.6. The van der Waals surface area contributed by atoms with Gasteiger partial charge in [-0.1, -0.05) is 91.6 Å². The van der Waals surface area contributed by atoms with E-state index in [1.807, 2.05) is 61.5 Å². The van der Waals surface area contributed by atoms with Crippen molar-refractivity contribution in [1.82, 2.24) is 10.2 Å². The van der Waals surface area contributed by atoms with Gasteiger partial charge in [-0.3, -0.25) is 18.7 Å². The summed E-state index contributed by atoms with van der Waals surface area (Å²) in [5.41, 5.74) is 3.33. The van der Waals surface area contributed by atoms with E-state index in [2.05, 4.69) is 5.32 Å². The molecule has 0 unspecified atom stereocenters. The Bertz CT molecular complexity index is 1520.